The Hall–Kier alpha value is -11.4. The molecule has 2 aliphatic rings. The first-order chi connectivity index (χ1) is 46.4. The van der Waals surface area contributed by atoms with Gasteiger partial charge >= 0.3 is 0 Å². The molecule has 18 rings (SSSR count). The summed E-state index contributed by atoms with van der Waals surface area (Å²) in [6.45, 7) is 13.9. The average molecular weight is 1220 g/mol. The van der Waals surface area contributed by atoms with E-state index in [1.54, 1.807) is 0 Å². The summed E-state index contributed by atoms with van der Waals surface area (Å²) in [6, 6.07) is 110. The molecule has 0 fully saturated rings. The number of rotatable bonds is 9. The molecular formula is C90H67BN4. The van der Waals surface area contributed by atoms with Crippen molar-refractivity contribution in [3.05, 3.63) is 308 Å². The maximum Gasteiger partial charge on any atom is 0.252 e. The van der Waals surface area contributed by atoms with Crippen LogP contribution in [0.2, 0.25) is 0 Å². The van der Waals surface area contributed by atoms with Crippen molar-refractivity contribution in [1.82, 2.24) is 19.1 Å². The number of aromatic nitrogens is 4. The fraction of sp³-hybridized carbons (Fsp3) is 0.0889. The van der Waals surface area contributed by atoms with E-state index in [9.17, 15) is 0 Å². The molecule has 3 aromatic heterocycles. The third-order valence-corrected chi connectivity index (χ3v) is 20.2. The third kappa shape index (κ3) is 9.27. The van der Waals surface area contributed by atoms with Crippen molar-refractivity contribution in [3.63, 3.8) is 0 Å². The van der Waals surface area contributed by atoms with Crippen LogP contribution in [0.25, 0.3) is 156 Å². The molecule has 0 saturated heterocycles. The van der Waals surface area contributed by atoms with Gasteiger partial charge in [-0.1, -0.05) is 260 Å². The lowest BCUT2D eigenvalue weighted by molar-refractivity contribution is 0.591. The fourth-order valence-corrected chi connectivity index (χ4v) is 15.5. The van der Waals surface area contributed by atoms with Crippen LogP contribution in [0.3, 0.4) is 0 Å². The van der Waals surface area contributed by atoms with E-state index >= 15 is 0 Å². The molecule has 0 amide bonds. The highest BCUT2D eigenvalue weighted by molar-refractivity contribution is 7.00. The van der Waals surface area contributed by atoms with E-state index in [2.05, 4.69) is 348 Å². The van der Waals surface area contributed by atoms with Gasteiger partial charge in [0, 0.05) is 60.6 Å². The predicted molar refractivity (Wildman–Crippen MR) is 402 cm³/mol. The smallest absolute Gasteiger partial charge is 0.252 e. The summed E-state index contributed by atoms with van der Waals surface area (Å²) in [7, 11) is 0. The topological polar surface area (TPSA) is 35.6 Å². The highest BCUT2D eigenvalue weighted by Crippen LogP contribution is 2.47. The van der Waals surface area contributed by atoms with Crippen molar-refractivity contribution in [1.29, 1.82) is 0 Å². The van der Waals surface area contributed by atoms with Crippen molar-refractivity contribution in [2.45, 2.75) is 52.4 Å². The SMILES string of the molecule is CC(C)(C)c1ccc2c(c1)c1c(-c3ccccc3)ccc3c1n2-c1cc(-c2nc(-c4cc(-c5ccccc5)cc(-c5ccccc5)c4)cc(-c4cc(-c5ccccc5)cc(-c5ccccc5)c4)n2)cc2c1B3c1ccc(-c3ccccc3)c3c4cc(C(C)(C)C)ccc4n-2c13. The van der Waals surface area contributed by atoms with Gasteiger partial charge in [-0.3, -0.25) is 0 Å². The van der Waals surface area contributed by atoms with Gasteiger partial charge in [0.05, 0.1) is 22.4 Å². The van der Waals surface area contributed by atoms with Crippen LogP contribution in [0.1, 0.15) is 52.7 Å². The van der Waals surface area contributed by atoms with Gasteiger partial charge in [0.2, 0.25) is 0 Å². The van der Waals surface area contributed by atoms with Crippen LogP contribution in [0, 0.1) is 0 Å². The number of benzene rings is 13. The lowest BCUT2D eigenvalue weighted by atomic mass is 9.34. The van der Waals surface area contributed by atoms with Gasteiger partial charge in [-0.15, -0.1) is 0 Å². The van der Waals surface area contributed by atoms with Crippen molar-refractivity contribution >= 4 is 66.7 Å². The van der Waals surface area contributed by atoms with Gasteiger partial charge in [-0.25, -0.2) is 9.97 Å². The minimum Gasteiger partial charge on any atom is -0.310 e. The molecule has 0 N–H and O–H groups in total. The van der Waals surface area contributed by atoms with E-state index < -0.39 is 0 Å². The zero-order chi connectivity index (χ0) is 63.8. The molecule has 0 spiro atoms. The van der Waals surface area contributed by atoms with Gasteiger partial charge in [0.15, 0.2) is 5.82 Å². The van der Waals surface area contributed by atoms with Gasteiger partial charge in [-0.2, -0.15) is 0 Å². The van der Waals surface area contributed by atoms with E-state index in [0.717, 1.165) is 84.0 Å². The van der Waals surface area contributed by atoms with Crippen LogP contribution in [0.15, 0.2) is 297 Å². The van der Waals surface area contributed by atoms with E-state index in [4.69, 9.17) is 9.97 Å². The average Bonchev–Trinajstić information content (AvgIpc) is 1.56. The summed E-state index contributed by atoms with van der Waals surface area (Å²) in [5.41, 5.74) is 31.8. The predicted octanol–water partition coefficient (Wildman–Crippen LogP) is 21.4. The van der Waals surface area contributed by atoms with Crippen molar-refractivity contribution in [2.24, 2.45) is 0 Å². The Bertz CT molecular complexity index is 5290. The largest absolute Gasteiger partial charge is 0.310 e. The minimum absolute atomic E-state index is 0.0917. The highest BCUT2D eigenvalue weighted by Gasteiger charge is 2.43. The molecule has 5 heterocycles. The first-order valence-corrected chi connectivity index (χ1v) is 33.3. The van der Waals surface area contributed by atoms with Crippen LogP contribution < -0.4 is 16.4 Å². The molecule has 0 unspecified atom stereocenters. The summed E-state index contributed by atoms with van der Waals surface area (Å²) in [6.07, 6.45) is 0. The number of nitrogens with zero attached hydrogens (tertiary/aromatic N) is 4. The van der Waals surface area contributed by atoms with Crippen molar-refractivity contribution in [3.8, 4) is 112 Å². The maximum atomic E-state index is 5.93. The molecule has 0 radical (unpaired) electrons. The second-order valence-electron chi connectivity index (χ2n) is 28.1. The third-order valence-electron chi connectivity index (χ3n) is 20.2. The molecule has 13 aromatic carbocycles. The number of hydrogen-bond acceptors (Lipinski definition) is 2. The maximum absolute atomic E-state index is 5.93. The summed E-state index contributed by atoms with van der Waals surface area (Å²) < 4.78 is 5.24. The van der Waals surface area contributed by atoms with E-state index in [0.29, 0.717) is 5.82 Å². The molecule has 0 saturated carbocycles. The normalized spacial score (nSPS) is 12.5. The van der Waals surface area contributed by atoms with Gasteiger partial charge < -0.3 is 9.13 Å². The lowest BCUT2D eigenvalue weighted by Crippen LogP contribution is -2.59. The Balaban J connectivity index is 0.991. The molecule has 0 atom stereocenters. The number of hydrogen-bond donors (Lipinski definition) is 0. The van der Waals surface area contributed by atoms with E-state index in [1.165, 1.54) is 93.4 Å². The molecule has 0 aliphatic carbocycles. The number of fused-ring (bicyclic) bond motifs is 10. The highest BCUT2D eigenvalue weighted by atomic mass is 15.0. The zero-order valence-corrected chi connectivity index (χ0v) is 54.2. The monoisotopic (exact) mass is 1210 g/mol. The van der Waals surface area contributed by atoms with Gasteiger partial charge in [0.1, 0.15) is 0 Å². The second kappa shape index (κ2) is 21.6. The summed E-state index contributed by atoms with van der Waals surface area (Å²) >= 11 is 0. The van der Waals surface area contributed by atoms with Crippen LogP contribution in [-0.2, 0) is 10.8 Å². The van der Waals surface area contributed by atoms with Gasteiger partial charge in [0.25, 0.3) is 6.71 Å². The Kier molecular flexibility index (Phi) is 12.8. The van der Waals surface area contributed by atoms with Crippen LogP contribution in [0.5, 0.6) is 0 Å². The molecule has 95 heavy (non-hydrogen) atoms. The summed E-state index contributed by atoms with van der Waals surface area (Å²) in [5, 5.41) is 5.03. The zero-order valence-electron chi connectivity index (χ0n) is 54.2. The van der Waals surface area contributed by atoms with Crippen LogP contribution in [-0.4, -0.2) is 25.8 Å². The van der Waals surface area contributed by atoms with E-state index in [1.807, 2.05) is 0 Å². The minimum atomic E-state index is -0.122. The molecule has 450 valence electrons. The van der Waals surface area contributed by atoms with Gasteiger partial charge in [-0.05, 0) is 184 Å². The second-order valence-corrected chi connectivity index (χ2v) is 28.1. The Morgan fingerprint density at radius 1 is 0.284 bits per heavy atom. The molecule has 2 aliphatic heterocycles. The van der Waals surface area contributed by atoms with Crippen LogP contribution >= 0.6 is 0 Å². The molecular weight excluding hydrogens is 1150 g/mol. The standard InChI is InChI=1S/C90H67BN4/c1-89(2,3)69-37-43-79-73(53-69)83-71(60-33-21-11-22-34-60)39-41-75-86(83)94(79)81-51-68(52-82-85(81)91(75)76-42-40-72(61-35-23-12-24-36-61)84-74-54-70(90(4,5)6)38-44-80(74)95(82)87(76)84)88-92-77(66-47-62(56-25-13-7-14-26-56)45-63(48-66)57-27-15-8-16-28-57)55-78(93-88)67-49-64(58-29-17-9-18-30-58)46-65(50-67)59-31-19-10-20-32-59/h7-55H,1-6H3. The Morgan fingerprint density at radius 2 is 0.611 bits per heavy atom. The lowest BCUT2D eigenvalue weighted by Gasteiger charge is -2.34. The Morgan fingerprint density at radius 3 is 0.947 bits per heavy atom. The first-order valence-electron chi connectivity index (χ1n) is 33.3. The van der Waals surface area contributed by atoms with Crippen LogP contribution in [0.4, 0.5) is 0 Å². The molecule has 4 nitrogen and oxygen atoms in total. The fourth-order valence-electron chi connectivity index (χ4n) is 15.5. The first kappa shape index (κ1) is 56.4. The molecule has 0 bridgehead atoms. The molecule has 16 aromatic rings. The summed E-state index contributed by atoms with van der Waals surface area (Å²) in [5.74, 6) is 0.643. The van der Waals surface area contributed by atoms with E-state index in [-0.39, 0.29) is 17.5 Å². The summed E-state index contributed by atoms with van der Waals surface area (Å²) in [4.78, 5) is 11.9. The van der Waals surface area contributed by atoms with Crippen molar-refractivity contribution in [2.75, 3.05) is 0 Å². The molecule has 5 heteroatoms. The van der Waals surface area contributed by atoms with Crippen molar-refractivity contribution < 1.29 is 0 Å². The quantitative estimate of drug-likeness (QED) is 0.135. The Labute approximate surface area is 555 Å².